The SMILES string of the molecule is C=Cc1c(/C=C\C)sc2ccccc12.CC. The summed E-state index contributed by atoms with van der Waals surface area (Å²) >= 11 is 1.81. The monoisotopic (exact) mass is 230 g/mol. The summed E-state index contributed by atoms with van der Waals surface area (Å²) in [7, 11) is 0. The molecule has 0 aliphatic carbocycles. The van der Waals surface area contributed by atoms with Crippen molar-refractivity contribution in [3.8, 4) is 0 Å². The van der Waals surface area contributed by atoms with Crippen LogP contribution in [0.1, 0.15) is 31.2 Å². The van der Waals surface area contributed by atoms with Crippen LogP contribution in [0.4, 0.5) is 0 Å². The Hall–Kier alpha value is -1.34. The molecule has 0 unspecified atom stereocenters. The lowest BCUT2D eigenvalue weighted by atomic mass is 10.1. The smallest absolute Gasteiger partial charge is 0.0355 e. The summed E-state index contributed by atoms with van der Waals surface area (Å²) in [6, 6.07) is 8.45. The molecule has 1 aromatic heterocycles. The van der Waals surface area contributed by atoms with Crippen LogP contribution in [-0.4, -0.2) is 0 Å². The van der Waals surface area contributed by atoms with Crippen LogP contribution in [-0.2, 0) is 0 Å². The van der Waals surface area contributed by atoms with Crippen LogP contribution < -0.4 is 0 Å². The molecule has 2 aromatic rings. The first kappa shape index (κ1) is 12.7. The molecule has 1 heteroatoms. The molecule has 0 aliphatic heterocycles. The number of hydrogen-bond acceptors (Lipinski definition) is 1. The van der Waals surface area contributed by atoms with E-state index in [9.17, 15) is 0 Å². The molecular weight excluding hydrogens is 212 g/mol. The van der Waals surface area contributed by atoms with Crippen molar-refractivity contribution in [2.45, 2.75) is 20.8 Å². The van der Waals surface area contributed by atoms with Crippen LogP contribution in [0, 0.1) is 0 Å². The van der Waals surface area contributed by atoms with E-state index in [1.165, 1.54) is 20.5 Å². The molecule has 1 heterocycles. The quantitative estimate of drug-likeness (QED) is 0.629. The molecule has 16 heavy (non-hydrogen) atoms. The minimum atomic E-state index is 1.25. The Balaban J connectivity index is 0.000000606. The average molecular weight is 230 g/mol. The van der Waals surface area contributed by atoms with Crippen LogP contribution in [0.2, 0.25) is 0 Å². The molecule has 0 bridgehead atoms. The Morgan fingerprint density at radius 1 is 1.19 bits per heavy atom. The third-order valence-corrected chi connectivity index (χ3v) is 3.34. The van der Waals surface area contributed by atoms with Crippen molar-refractivity contribution in [3.05, 3.63) is 47.4 Å². The molecule has 0 spiro atoms. The molecule has 0 N–H and O–H groups in total. The maximum Gasteiger partial charge on any atom is 0.0355 e. The van der Waals surface area contributed by atoms with Crippen molar-refractivity contribution >= 4 is 33.6 Å². The third kappa shape index (κ3) is 2.42. The van der Waals surface area contributed by atoms with Gasteiger partial charge in [0, 0.05) is 15.0 Å². The summed E-state index contributed by atoms with van der Waals surface area (Å²) in [6.45, 7) is 9.91. The minimum Gasteiger partial charge on any atom is -0.135 e. The number of thiophene rings is 1. The highest BCUT2D eigenvalue weighted by atomic mass is 32.1. The predicted octanol–water partition coefficient (Wildman–Crippen LogP) is 5.60. The first-order valence-electron chi connectivity index (χ1n) is 5.63. The van der Waals surface area contributed by atoms with Gasteiger partial charge < -0.3 is 0 Å². The number of allylic oxidation sites excluding steroid dienone is 1. The summed E-state index contributed by atoms with van der Waals surface area (Å²) < 4.78 is 1.33. The maximum absolute atomic E-state index is 3.87. The molecule has 0 nitrogen and oxygen atoms in total. The molecular formula is C15H18S. The molecule has 0 aliphatic rings. The molecule has 0 saturated carbocycles. The van der Waals surface area contributed by atoms with Gasteiger partial charge >= 0.3 is 0 Å². The molecule has 1 aromatic carbocycles. The normalized spacial score (nSPS) is 10.2. The highest BCUT2D eigenvalue weighted by Gasteiger charge is 2.05. The van der Waals surface area contributed by atoms with Gasteiger partial charge in [0.05, 0.1) is 0 Å². The predicted molar refractivity (Wildman–Crippen MR) is 78.0 cm³/mol. The van der Waals surface area contributed by atoms with Gasteiger partial charge in [0.15, 0.2) is 0 Å². The van der Waals surface area contributed by atoms with E-state index in [1.54, 1.807) is 0 Å². The summed E-state index contributed by atoms with van der Waals surface area (Å²) in [6.07, 6.45) is 6.15. The Bertz CT molecular complexity index is 489. The first-order chi connectivity index (χ1) is 7.86. The summed E-state index contributed by atoms with van der Waals surface area (Å²) in [5, 5.41) is 1.31. The van der Waals surface area contributed by atoms with Crippen LogP contribution in [0.5, 0.6) is 0 Å². The number of rotatable bonds is 2. The Morgan fingerprint density at radius 2 is 1.88 bits per heavy atom. The van der Waals surface area contributed by atoms with Crippen LogP contribution in [0.15, 0.2) is 36.9 Å². The van der Waals surface area contributed by atoms with Gasteiger partial charge in [0.2, 0.25) is 0 Å². The topological polar surface area (TPSA) is 0 Å². The van der Waals surface area contributed by atoms with Gasteiger partial charge in [-0.15, -0.1) is 11.3 Å². The Labute approximate surface area is 102 Å². The molecule has 84 valence electrons. The van der Waals surface area contributed by atoms with Crippen LogP contribution in [0.25, 0.3) is 22.2 Å². The second kappa shape index (κ2) is 6.29. The molecule has 2 rings (SSSR count). The second-order valence-electron chi connectivity index (χ2n) is 3.08. The van der Waals surface area contributed by atoms with E-state index in [1.807, 2.05) is 38.2 Å². The number of benzene rings is 1. The van der Waals surface area contributed by atoms with Crippen molar-refractivity contribution < 1.29 is 0 Å². The standard InChI is InChI=1S/C13H12S.C2H6/c1-3-7-12-10(4-2)11-8-5-6-9-13(11)14-12;1-2/h3-9H,2H2,1H3;1-2H3/b7-3-;. The minimum absolute atomic E-state index is 1.25. The summed E-state index contributed by atoms with van der Waals surface area (Å²) in [4.78, 5) is 1.30. The Morgan fingerprint density at radius 3 is 2.50 bits per heavy atom. The lowest BCUT2D eigenvalue weighted by Gasteiger charge is -1.91. The fourth-order valence-electron chi connectivity index (χ4n) is 1.57. The lowest BCUT2D eigenvalue weighted by molar-refractivity contribution is 1.50. The van der Waals surface area contributed by atoms with Crippen molar-refractivity contribution in [1.82, 2.24) is 0 Å². The fourth-order valence-corrected chi connectivity index (χ4v) is 2.75. The zero-order chi connectivity index (χ0) is 12.0. The van der Waals surface area contributed by atoms with E-state index in [2.05, 4.69) is 43.0 Å². The number of fused-ring (bicyclic) bond motifs is 1. The van der Waals surface area contributed by atoms with Gasteiger partial charge in [-0.3, -0.25) is 0 Å². The van der Waals surface area contributed by atoms with Gasteiger partial charge in [-0.1, -0.05) is 50.8 Å². The highest BCUT2D eigenvalue weighted by molar-refractivity contribution is 7.20. The van der Waals surface area contributed by atoms with Gasteiger partial charge in [-0.05, 0) is 24.6 Å². The van der Waals surface area contributed by atoms with Gasteiger partial charge in [-0.25, -0.2) is 0 Å². The fraction of sp³-hybridized carbons (Fsp3) is 0.200. The van der Waals surface area contributed by atoms with E-state index < -0.39 is 0 Å². The molecule has 0 fully saturated rings. The van der Waals surface area contributed by atoms with Gasteiger partial charge in [0.25, 0.3) is 0 Å². The first-order valence-corrected chi connectivity index (χ1v) is 6.45. The van der Waals surface area contributed by atoms with E-state index in [0.29, 0.717) is 0 Å². The lowest BCUT2D eigenvalue weighted by Crippen LogP contribution is -1.70. The average Bonchev–Trinajstić information content (AvgIpc) is 2.69. The summed E-state index contributed by atoms with van der Waals surface area (Å²) in [5.41, 5.74) is 1.25. The largest absolute Gasteiger partial charge is 0.135 e. The van der Waals surface area contributed by atoms with Crippen molar-refractivity contribution in [3.63, 3.8) is 0 Å². The van der Waals surface area contributed by atoms with Crippen LogP contribution in [0.3, 0.4) is 0 Å². The van der Waals surface area contributed by atoms with E-state index in [-0.39, 0.29) is 0 Å². The van der Waals surface area contributed by atoms with Gasteiger partial charge in [-0.2, -0.15) is 0 Å². The van der Waals surface area contributed by atoms with Crippen LogP contribution >= 0.6 is 11.3 Å². The highest BCUT2D eigenvalue weighted by Crippen LogP contribution is 2.32. The van der Waals surface area contributed by atoms with E-state index in [4.69, 9.17) is 0 Å². The summed E-state index contributed by atoms with van der Waals surface area (Å²) in [5.74, 6) is 0. The van der Waals surface area contributed by atoms with E-state index in [0.717, 1.165) is 0 Å². The second-order valence-corrected chi connectivity index (χ2v) is 4.16. The van der Waals surface area contributed by atoms with Crippen molar-refractivity contribution in [2.24, 2.45) is 0 Å². The molecule has 0 radical (unpaired) electrons. The molecule has 0 amide bonds. The third-order valence-electron chi connectivity index (χ3n) is 2.18. The Kier molecular flexibility index (Phi) is 5.00. The zero-order valence-corrected chi connectivity index (χ0v) is 11.0. The molecule has 0 saturated heterocycles. The van der Waals surface area contributed by atoms with Gasteiger partial charge in [0.1, 0.15) is 0 Å². The maximum atomic E-state index is 3.87. The molecule has 0 atom stereocenters. The van der Waals surface area contributed by atoms with Crippen molar-refractivity contribution in [1.29, 1.82) is 0 Å². The zero-order valence-electron chi connectivity index (χ0n) is 10.2. The van der Waals surface area contributed by atoms with Crippen molar-refractivity contribution in [2.75, 3.05) is 0 Å². The number of hydrogen-bond donors (Lipinski definition) is 0. The van der Waals surface area contributed by atoms with E-state index >= 15 is 0 Å².